The average molecular weight is 302 g/mol. The summed E-state index contributed by atoms with van der Waals surface area (Å²) < 4.78 is 13.5. The molecule has 4 rings (SSSR count). The summed E-state index contributed by atoms with van der Waals surface area (Å²) in [5.74, 6) is 0.522. The highest BCUT2D eigenvalue weighted by Gasteiger charge is 2.22. The Morgan fingerprint density at radius 3 is 2.90 bits per heavy atom. The number of para-hydroxylation sites is 1. The summed E-state index contributed by atoms with van der Waals surface area (Å²) in [4.78, 5) is 5.75. The van der Waals surface area contributed by atoms with E-state index >= 15 is 0 Å². The van der Waals surface area contributed by atoms with E-state index in [-0.39, 0.29) is 5.82 Å². The van der Waals surface area contributed by atoms with Crippen molar-refractivity contribution in [2.45, 2.75) is 10.6 Å². The normalized spacial score (nSPS) is 13.1. The van der Waals surface area contributed by atoms with Crippen LogP contribution in [0.3, 0.4) is 0 Å². The zero-order valence-corrected chi connectivity index (χ0v) is 11.9. The number of halogens is 2. The Balaban J connectivity index is 2.10. The van der Waals surface area contributed by atoms with Crippen molar-refractivity contribution < 1.29 is 4.39 Å². The minimum absolute atomic E-state index is 0.247. The molecule has 1 nitrogen and oxygen atoms in total. The lowest BCUT2D eigenvalue weighted by atomic mass is 10.0. The highest BCUT2D eigenvalue weighted by Crippen LogP contribution is 2.44. The van der Waals surface area contributed by atoms with Crippen LogP contribution in [0.4, 0.5) is 4.39 Å². The van der Waals surface area contributed by atoms with Gasteiger partial charge in [0.1, 0.15) is 5.82 Å². The third-order valence-electron chi connectivity index (χ3n) is 3.49. The van der Waals surface area contributed by atoms with E-state index in [2.05, 4.69) is 0 Å². The second-order valence-electron chi connectivity index (χ2n) is 4.70. The van der Waals surface area contributed by atoms with E-state index in [4.69, 9.17) is 16.6 Å². The number of aromatic nitrogens is 1. The summed E-state index contributed by atoms with van der Waals surface area (Å²) in [6.07, 6.45) is 0. The Morgan fingerprint density at radius 2 is 2.00 bits per heavy atom. The lowest BCUT2D eigenvalue weighted by Gasteiger charge is -2.20. The van der Waals surface area contributed by atoms with Crippen LogP contribution in [0.15, 0.2) is 47.4 Å². The largest absolute Gasteiger partial charge is 0.247 e. The number of thioether (sulfide) groups is 1. The van der Waals surface area contributed by atoms with Crippen molar-refractivity contribution in [3.05, 3.63) is 58.9 Å². The zero-order valence-electron chi connectivity index (χ0n) is 10.4. The number of hydrogen-bond acceptors (Lipinski definition) is 2. The van der Waals surface area contributed by atoms with Crippen LogP contribution in [0.5, 0.6) is 0 Å². The SMILES string of the molecule is Fc1ccc2c(c1)-c1nc3ccccc3c(Cl)c1CS2. The Bertz CT molecular complexity index is 847. The van der Waals surface area contributed by atoms with Crippen molar-refractivity contribution in [3.8, 4) is 11.3 Å². The number of benzene rings is 2. The molecule has 0 unspecified atom stereocenters. The fourth-order valence-electron chi connectivity index (χ4n) is 2.53. The van der Waals surface area contributed by atoms with E-state index in [0.29, 0.717) is 0 Å². The predicted octanol–water partition coefficient (Wildman–Crippen LogP) is 5.30. The lowest BCUT2D eigenvalue weighted by molar-refractivity contribution is 0.627. The van der Waals surface area contributed by atoms with E-state index in [9.17, 15) is 4.39 Å². The smallest absolute Gasteiger partial charge is 0.123 e. The summed E-state index contributed by atoms with van der Waals surface area (Å²) in [7, 11) is 0. The average Bonchev–Trinajstić information content (AvgIpc) is 2.47. The maximum absolute atomic E-state index is 13.5. The molecule has 0 saturated heterocycles. The fraction of sp³-hybridized carbons (Fsp3) is 0.0625. The Kier molecular flexibility index (Phi) is 2.72. The van der Waals surface area contributed by atoms with Crippen molar-refractivity contribution >= 4 is 34.3 Å². The highest BCUT2D eigenvalue weighted by atomic mass is 35.5. The number of rotatable bonds is 0. The Labute approximate surface area is 124 Å². The molecule has 1 aromatic heterocycles. The molecule has 0 bridgehead atoms. The van der Waals surface area contributed by atoms with E-state index in [1.807, 2.05) is 30.3 Å². The van der Waals surface area contributed by atoms with Crippen molar-refractivity contribution in [1.82, 2.24) is 4.98 Å². The molecule has 1 aliphatic heterocycles. The summed E-state index contributed by atoms with van der Waals surface area (Å²) >= 11 is 8.19. The second-order valence-corrected chi connectivity index (χ2v) is 6.09. The molecular weight excluding hydrogens is 293 g/mol. The zero-order chi connectivity index (χ0) is 13.7. The third-order valence-corrected chi connectivity index (χ3v) is 5.02. The van der Waals surface area contributed by atoms with Crippen molar-refractivity contribution in [1.29, 1.82) is 0 Å². The molecule has 0 N–H and O–H groups in total. The standard InChI is InChI=1S/C16H9ClFNS/c17-15-10-3-1-2-4-13(10)19-16-11-7-9(18)5-6-14(11)20-8-12(15)16/h1-7H,8H2. The summed E-state index contributed by atoms with van der Waals surface area (Å²) in [6, 6.07) is 12.6. The molecule has 4 heteroatoms. The number of fused-ring (bicyclic) bond motifs is 4. The molecule has 2 heterocycles. The van der Waals surface area contributed by atoms with Gasteiger partial charge in [-0.3, -0.25) is 0 Å². The first kappa shape index (κ1) is 12.2. The number of nitrogens with zero attached hydrogens (tertiary/aromatic N) is 1. The van der Waals surface area contributed by atoms with Crippen LogP contribution in [-0.2, 0) is 5.75 Å². The number of hydrogen-bond donors (Lipinski definition) is 0. The van der Waals surface area contributed by atoms with Gasteiger partial charge in [-0.15, -0.1) is 11.8 Å². The first-order valence-electron chi connectivity index (χ1n) is 6.24. The summed E-state index contributed by atoms with van der Waals surface area (Å²) in [5.41, 5.74) is 3.48. The van der Waals surface area contributed by atoms with Crippen LogP contribution in [0.1, 0.15) is 5.56 Å². The van der Waals surface area contributed by atoms with Gasteiger partial charge in [-0.2, -0.15) is 0 Å². The van der Waals surface area contributed by atoms with Gasteiger partial charge >= 0.3 is 0 Å². The molecule has 20 heavy (non-hydrogen) atoms. The van der Waals surface area contributed by atoms with E-state index in [1.54, 1.807) is 17.8 Å². The van der Waals surface area contributed by atoms with Crippen LogP contribution in [-0.4, -0.2) is 4.98 Å². The van der Waals surface area contributed by atoms with E-state index < -0.39 is 0 Å². The van der Waals surface area contributed by atoms with Crippen LogP contribution >= 0.6 is 23.4 Å². The van der Waals surface area contributed by atoms with Crippen LogP contribution in [0.25, 0.3) is 22.2 Å². The van der Waals surface area contributed by atoms with Gasteiger partial charge in [0.05, 0.1) is 16.2 Å². The molecule has 2 aromatic carbocycles. The van der Waals surface area contributed by atoms with Crippen LogP contribution in [0.2, 0.25) is 5.02 Å². The van der Waals surface area contributed by atoms with E-state index in [1.165, 1.54) is 6.07 Å². The molecule has 0 amide bonds. The quantitative estimate of drug-likeness (QED) is 0.559. The van der Waals surface area contributed by atoms with Crippen LogP contribution < -0.4 is 0 Å². The highest BCUT2D eigenvalue weighted by molar-refractivity contribution is 7.98. The molecule has 3 aromatic rings. The van der Waals surface area contributed by atoms with Gasteiger partial charge < -0.3 is 0 Å². The fourth-order valence-corrected chi connectivity index (χ4v) is 3.98. The molecule has 0 radical (unpaired) electrons. The first-order chi connectivity index (χ1) is 9.74. The van der Waals surface area contributed by atoms with Gasteiger partial charge in [0.25, 0.3) is 0 Å². The van der Waals surface area contributed by atoms with Gasteiger partial charge in [-0.25, -0.2) is 9.37 Å². The van der Waals surface area contributed by atoms with Gasteiger partial charge in [-0.05, 0) is 24.3 Å². The molecule has 0 spiro atoms. The monoisotopic (exact) mass is 301 g/mol. The maximum Gasteiger partial charge on any atom is 0.123 e. The number of pyridine rings is 1. The summed E-state index contributed by atoms with van der Waals surface area (Å²) in [6.45, 7) is 0. The van der Waals surface area contributed by atoms with Gasteiger partial charge in [0.2, 0.25) is 0 Å². The molecule has 0 atom stereocenters. The molecule has 1 aliphatic rings. The van der Waals surface area contributed by atoms with E-state index in [0.717, 1.165) is 43.4 Å². The van der Waals surface area contributed by atoms with Gasteiger partial charge in [0.15, 0.2) is 0 Å². The topological polar surface area (TPSA) is 12.9 Å². The maximum atomic E-state index is 13.5. The second kappa shape index (κ2) is 4.47. The molecule has 98 valence electrons. The first-order valence-corrected chi connectivity index (χ1v) is 7.60. The third kappa shape index (κ3) is 1.74. The molecule has 0 fully saturated rings. The minimum Gasteiger partial charge on any atom is -0.247 e. The Morgan fingerprint density at radius 1 is 1.15 bits per heavy atom. The Hall–Kier alpha value is -1.58. The summed E-state index contributed by atoms with van der Waals surface area (Å²) in [5, 5.41) is 1.68. The van der Waals surface area contributed by atoms with Crippen LogP contribution in [0, 0.1) is 5.82 Å². The lowest BCUT2D eigenvalue weighted by Crippen LogP contribution is -2.01. The van der Waals surface area contributed by atoms with Gasteiger partial charge in [-0.1, -0.05) is 29.8 Å². The minimum atomic E-state index is -0.247. The van der Waals surface area contributed by atoms with Gasteiger partial charge in [0, 0.05) is 27.2 Å². The van der Waals surface area contributed by atoms with Crippen molar-refractivity contribution in [3.63, 3.8) is 0 Å². The predicted molar refractivity (Wildman–Crippen MR) is 81.7 cm³/mol. The molecule has 0 saturated carbocycles. The van der Waals surface area contributed by atoms with Crippen molar-refractivity contribution in [2.75, 3.05) is 0 Å². The molecule has 0 aliphatic carbocycles. The molecular formula is C16H9ClFNS. The van der Waals surface area contributed by atoms with Crippen molar-refractivity contribution in [2.24, 2.45) is 0 Å².